The van der Waals surface area contributed by atoms with Gasteiger partial charge in [0.1, 0.15) is 0 Å². The molecule has 2 N–H and O–H groups in total. The number of nitrogens with one attached hydrogen (secondary N) is 1. The van der Waals surface area contributed by atoms with Gasteiger partial charge in [-0.25, -0.2) is 17.9 Å². The van der Waals surface area contributed by atoms with Crippen LogP contribution >= 0.6 is 11.6 Å². The third-order valence-electron chi connectivity index (χ3n) is 2.80. The van der Waals surface area contributed by atoms with Crippen LogP contribution < -0.4 is 4.72 Å². The molecule has 0 fully saturated rings. The quantitative estimate of drug-likeness (QED) is 0.796. The molecule has 118 valence electrons. The number of hydrogen-bond donors (Lipinski definition) is 2. The van der Waals surface area contributed by atoms with E-state index in [1.165, 1.54) is 10.7 Å². The molecule has 0 atom stereocenters. The van der Waals surface area contributed by atoms with Crippen molar-refractivity contribution in [2.24, 2.45) is 7.05 Å². The molecule has 0 unspecified atom stereocenters. The van der Waals surface area contributed by atoms with E-state index in [0.717, 1.165) is 12.1 Å². The number of rotatable bonds is 6. The normalized spacial score (nSPS) is 11.5. The molecule has 0 aliphatic heterocycles. The molecule has 0 spiro atoms. The molecule has 0 aliphatic rings. The van der Waals surface area contributed by atoms with Crippen molar-refractivity contribution in [3.8, 4) is 0 Å². The number of carbonyl (C=O) groups is 1. The summed E-state index contributed by atoms with van der Waals surface area (Å²) in [5.41, 5.74) is 0.504. The van der Waals surface area contributed by atoms with Crippen LogP contribution in [0.3, 0.4) is 0 Å². The van der Waals surface area contributed by atoms with Gasteiger partial charge in [0.2, 0.25) is 10.0 Å². The lowest BCUT2D eigenvalue weighted by atomic mass is 10.2. The summed E-state index contributed by atoms with van der Waals surface area (Å²) in [6.45, 7) is 0.138. The second-order valence-corrected chi connectivity index (χ2v) is 6.65. The van der Waals surface area contributed by atoms with Gasteiger partial charge in [-0.05, 0) is 18.2 Å². The molecule has 0 amide bonds. The third-order valence-corrected chi connectivity index (χ3v) is 4.58. The molecular weight excluding hydrogens is 332 g/mol. The molecule has 0 bridgehead atoms. The van der Waals surface area contributed by atoms with Crippen LogP contribution in [0.5, 0.6) is 0 Å². The minimum atomic E-state index is -3.77. The number of nitrogens with zero attached hydrogens (tertiary/aromatic N) is 3. The topological polar surface area (TPSA) is 114 Å². The maximum Gasteiger partial charge on any atom is 0.337 e. The number of carboxylic acids is 1. The van der Waals surface area contributed by atoms with Crippen molar-refractivity contribution in [1.82, 2.24) is 19.7 Å². The summed E-state index contributed by atoms with van der Waals surface area (Å²) >= 11 is 5.77. The van der Waals surface area contributed by atoms with Crippen molar-refractivity contribution in [3.05, 3.63) is 40.7 Å². The van der Waals surface area contributed by atoms with Crippen molar-refractivity contribution in [2.75, 3.05) is 6.54 Å². The Hall–Kier alpha value is -1.97. The summed E-state index contributed by atoms with van der Waals surface area (Å²) in [4.78, 5) is 10.8. The minimum absolute atomic E-state index is 0.0957. The summed E-state index contributed by atoms with van der Waals surface area (Å²) in [6.07, 6.45) is 2.07. The minimum Gasteiger partial charge on any atom is -0.478 e. The van der Waals surface area contributed by atoms with Crippen LogP contribution in [0.15, 0.2) is 29.3 Å². The Morgan fingerprint density at radius 3 is 2.73 bits per heavy atom. The molecule has 2 aromatic rings. The molecular formula is C12H13ClN4O4S. The van der Waals surface area contributed by atoms with Gasteiger partial charge < -0.3 is 5.11 Å². The zero-order valence-electron chi connectivity index (χ0n) is 11.5. The fourth-order valence-corrected chi connectivity index (χ4v) is 3.13. The Bertz CT molecular complexity index is 803. The molecule has 1 heterocycles. The van der Waals surface area contributed by atoms with E-state index in [1.807, 2.05) is 0 Å². The number of sulfonamides is 1. The van der Waals surface area contributed by atoms with Crippen molar-refractivity contribution in [2.45, 2.75) is 11.3 Å². The SMILES string of the molecule is Cn1cc(CCNS(=O)(=O)c2ccc(C(=O)O)c(Cl)c2)nn1. The number of halogens is 1. The van der Waals surface area contributed by atoms with E-state index in [1.54, 1.807) is 13.2 Å². The monoisotopic (exact) mass is 344 g/mol. The van der Waals surface area contributed by atoms with Gasteiger partial charge in [-0.3, -0.25) is 4.68 Å². The molecule has 0 saturated heterocycles. The first-order chi connectivity index (χ1) is 10.3. The van der Waals surface area contributed by atoms with Gasteiger partial charge in [-0.1, -0.05) is 16.8 Å². The molecule has 2 rings (SSSR count). The second kappa shape index (κ2) is 6.42. The first-order valence-electron chi connectivity index (χ1n) is 6.17. The number of aromatic carboxylic acids is 1. The Labute approximate surface area is 131 Å². The van der Waals surface area contributed by atoms with Crippen LogP contribution in [0.1, 0.15) is 16.1 Å². The van der Waals surface area contributed by atoms with Gasteiger partial charge in [-0.15, -0.1) is 5.10 Å². The maximum atomic E-state index is 12.1. The highest BCUT2D eigenvalue weighted by Gasteiger charge is 2.17. The third kappa shape index (κ3) is 3.81. The molecule has 1 aromatic carbocycles. The van der Waals surface area contributed by atoms with Gasteiger partial charge >= 0.3 is 5.97 Å². The molecule has 22 heavy (non-hydrogen) atoms. The predicted molar refractivity (Wildman–Crippen MR) is 78.3 cm³/mol. The average Bonchev–Trinajstić information content (AvgIpc) is 2.83. The number of carboxylic acid groups (broad SMARTS) is 1. The largest absolute Gasteiger partial charge is 0.478 e. The van der Waals surface area contributed by atoms with E-state index in [-0.39, 0.29) is 22.0 Å². The van der Waals surface area contributed by atoms with Gasteiger partial charge in [-0.2, -0.15) is 0 Å². The number of aryl methyl sites for hydroxylation is 1. The summed E-state index contributed by atoms with van der Waals surface area (Å²) in [5, 5.41) is 16.3. The smallest absolute Gasteiger partial charge is 0.337 e. The van der Waals surface area contributed by atoms with Gasteiger partial charge in [0, 0.05) is 26.2 Å². The molecule has 0 radical (unpaired) electrons. The maximum absolute atomic E-state index is 12.1. The predicted octanol–water partition coefficient (Wildman–Crippen LogP) is 0.688. The van der Waals surface area contributed by atoms with Crippen molar-refractivity contribution in [3.63, 3.8) is 0 Å². The van der Waals surface area contributed by atoms with Crippen molar-refractivity contribution >= 4 is 27.6 Å². The molecule has 0 saturated carbocycles. The molecule has 1 aromatic heterocycles. The van der Waals surface area contributed by atoms with Crippen molar-refractivity contribution in [1.29, 1.82) is 0 Å². The summed E-state index contributed by atoms with van der Waals surface area (Å²) in [5.74, 6) is -1.22. The standard InChI is InChI=1S/C12H13ClN4O4S/c1-17-7-8(15-16-17)4-5-14-22(20,21)9-2-3-10(12(18)19)11(13)6-9/h2-3,6-7,14H,4-5H2,1H3,(H,18,19). The Kier molecular flexibility index (Phi) is 4.79. The van der Waals surface area contributed by atoms with Gasteiger partial charge in [0.25, 0.3) is 0 Å². The highest BCUT2D eigenvalue weighted by molar-refractivity contribution is 7.89. The Morgan fingerprint density at radius 1 is 1.45 bits per heavy atom. The van der Waals surface area contributed by atoms with Crippen molar-refractivity contribution < 1.29 is 18.3 Å². The van der Waals surface area contributed by atoms with Crippen LogP contribution in [0.25, 0.3) is 0 Å². The molecule has 0 aliphatic carbocycles. The number of aromatic nitrogens is 3. The number of hydrogen-bond acceptors (Lipinski definition) is 5. The van der Waals surface area contributed by atoms with Crippen LogP contribution in [0.4, 0.5) is 0 Å². The molecule has 10 heteroatoms. The second-order valence-electron chi connectivity index (χ2n) is 4.48. The van der Waals surface area contributed by atoms with E-state index in [2.05, 4.69) is 15.0 Å². The van der Waals surface area contributed by atoms with Crippen LogP contribution in [0.2, 0.25) is 5.02 Å². The fraction of sp³-hybridized carbons (Fsp3) is 0.250. The van der Waals surface area contributed by atoms with E-state index < -0.39 is 16.0 Å². The first-order valence-corrected chi connectivity index (χ1v) is 8.03. The zero-order valence-corrected chi connectivity index (χ0v) is 13.1. The van der Waals surface area contributed by atoms with E-state index in [4.69, 9.17) is 16.7 Å². The number of benzene rings is 1. The summed E-state index contributed by atoms with van der Waals surface area (Å²) in [6, 6.07) is 3.46. The van der Waals surface area contributed by atoms with Gasteiger partial charge in [0.15, 0.2) is 0 Å². The Balaban J connectivity index is 2.06. The zero-order chi connectivity index (χ0) is 16.3. The van der Waals surface area contributed by atoms with Crippen LogP contribution in [0, 0.1) is 0 Å². The lowest BCUT2D eigenvalue weighted by Crippen LogP contribution is -2.26. The lowest BCUT2D eigenvalue weighted by Gasteiger charge is -2.07. The highest BCUT2D eigenvalue weighted by atomic mass is 35.5. The molecule has 8 nitrogen and oxygen atoms in total. The fourth-order valence-electron chi connectivity index (χ4n) is 1.74. The van der Waals surface area contributed by atoms with Crippen LogP contribution in [-0.4, -0.2) is 41.0 Å². The lowest BCUT2D eigenvalue weighted by molar-refractivity contribution is 0.0697. The summed E-state index contributed by atoms with van der Waals surface area (Å²) < 4.78 is 28.1. The highest BCUT2D eigenvalue weighted by Crippen LogP contribution is 2.20. The average molecular weight is 345 g/mol. The summed E-state index contributed by atoms with van der Waals surface area (Å²) in [7, 11) is -2.06. The Morgan fingerprint density at radius 2 is 2.18 bits per heavy atom. The van der Waals surface area contributed by atoms with E-state index in [0.29, 0.717) is 12.1 Å². The first kappa shape index (κ1) is 16.4. The van der Waals surface area contributed by atoms with Gasteiger partial charge in [0.05, 0.1) is 21.2 Å². The van der Waals surface area contributed by atoms with Crippen LogP contribution in [-0.2, 0) is 23.5 Å². The van der Waals surface area contributed by atoms with E-state index >= 15 is 0 Å². The van der Waals surface area contributed by atoms with E-state index in [9.17, 15) is 13.2 Å².